The number of furan rings is 1. The third-order valence-corrected chi connectivity index (χ3v) is 2.36. The molecule has 0 aromatic carbocycles. The van der Waals surface area contributed by atoms with Crippen molar-refractivity contribution in [3.8, 4) is 0 Å². The fourth-order valence-electron chi connectivity index (χ4n) is 1.55. The molecule has 2 rings (SSSR count). The molecule has 0 spiro atoms. The fraction of sp³-hybridized carbons (Fsp3) is 0.273. The minimum atomic E-state index is -0.139. The van der Waals surface area contributed by atoms with Gasteiger partial charge in [0, 0.05) is 5.69 Å². The normalized spacial score (nSPS) is 10.4. The van der Waals surface area contributed by atoms with Crippen molar-refractivity contribution in [2.24, 2.45) is 0 Å². The lowest BCUT2D eigenvalue weighted by Crippen LogP contribution is -2.23. The maximum Gasteiger partial charge on any atom is 0.255 e. The Labute approximate surface area is 92.9 Å². The average molecular weight is 219 g/mol. The number of nitrogens with zero attached hydrogens (tertiary/aromatic N) is 1. The highest BCUT2D eigenvalue weighted by atomic mass is 16.3. The van der Waals surface area contributed by atoms with Gasteiger partial charge in [-0.2, -0.15) is 5.10 Å². The van der Waals surface area contributed by atoms with E-state index < -0.39 is 0 Å². The van der Waals surface area contributed by atoms with Gasteiger partial charge in [-0.1, -0.05) is 0 Å². The Bertz CT molecular complexity index is 466. The number of carbonyl (C=O) groups excluding carboxylic acids is 1. The Morgan fingerprint density at radius 1 is 1.56 bits per heavy atom. The number of hydrogen-bond donors (Lipinski definition) is 2. The molecule has 0 aliphatic carbocycles. The molecule has 0 saturated carbocycles. The van der Waals surface area contributed by atoms with Crippen molar-refractivity contribution >= 4 is 5.91 Å². The molecule has 0 aliphatic heterocycles. The van der Waals surface area contributed by atoms with E-state index in [1.54, 1.807) is 19.3 Å². The molecular formula is C11H13N3O2. The summed E-state index contributed by atoms with van der Waals surface area (Å²) in [6.45, 7) is 4.00. The topological polar surface area (TPSA) is 70.9 Å². The third kappa shape index (κ3) is 1.98. The molecule has 1 amide bonds. The standard InChI is InChI=1S/C11H13N3O2/c1-7-10(8(2)14-13-7)11(15)12-6-9-4-3-5-16-9/h3-5H,6H2,1-2H3,(H,12,15)(H,13,14). The van der Waals surface area contributed by atoms with Gasteiger partial charge >= 0.3 is 0 Å². The Kier molecular flexibility index (Phi) is 2.76. The maximum atomic E-state index is 11.8. The summed E-state index contributed by atoms with van der Waals surface area (Å²) in [4.78, 5) is 11.8. The largest absolute Gasteiger partial charge is 0.467 e. The number of nitrogens with one attached hydrogen (secondary N) is 2. The Morgan fingerprint density at radius 2 is 2.38 bits per heavy atom. The van der Waals surface area contributed by atoms with Crippen LogP contribution in [-0.2, 0) is 6.54 Å². The molecule has 2 heterocycles. The molecule has 0 unspecified atom stereocenters. The average Bonchev–Trinajstić information content (AvgIpc) is 2.86. The number of amides is 1. The molecular weight excluding hydrogens is 206 g/mol. The SMILES string of the molecule is Cc1n[nH]c(C)c1C(=O)NCc1ccco1. The fourth-order valence-corrected chi connectivity index (χ4v) is 1.55. The lowest BCUT2D eigenvalue weighted by atomic mass is 10.2. The number of aromatic nitrogens is 2. The Morgan fingerprint density at radius 3 is 2.94 bits per heavy atom. The van der Waals surface area contributed by atoms with Crippen LogP contribution in [-0.4, -0.2) is 16.1 Å². The highest BCUT2D eigenvalue weighted by molar-refractivity contribution is 5.96. The van der Waals surface area contributed by atoms with E-state index in [9.17, 15) is 4.79 Å². The lowest BCUT2D eigenvalue weighted by molar-refractivity contribution is 0.0947. The van der Waals surface area contributed by atoms with E-state index in [1.807, 2.05) is 13.0 Å². The minimum Gasteiger partial charge on any atom is -0.467 e. The number of hydrogen-bond acceptors (Lipinski definition) is 3. The highest BCUT2D eigenvalue weighted by Gasteiger charge is 2.14. The van der Waals surface area contributed by atoms with Gasteiger partial charge in [0.15, 0.2) is 0 Å². The second kappa shape index (κ2) is 4.22. The zero-order chi connectivity index (χ0) is 11.5. The molecule has 2 N–H and O–H groups in total. The molecule has 5 nitrogen and oxygen atoms in total. The van der Waals surface area contributed by atoms with E-state index in [4.69, 9.17) is 4.42 Å². The van der Waals surface area contributed by atoms with Crippen LogP contribution in [0.3, 0.4) is 0 Å². The van der Waals surface area contributed by atoms with Gasteiger partial charge in [0.2, 0.25) is 0 Å². The van der Waals surface area contributed by atoms with Gasteiger partial charge in [-0.15, -0.1) is 0 Å². The molecule has 16 heavy (non-hydrogen) atoms. The number of rotatable bonds is 3. The zero-order valence-corrected chi connectivity index (χ0v) is 9.20. The van der Waals surface area contributed by atoms with Gasteiger partial charge in [0.25, 0.3) is 5.91 Å². The summed E-state index contributed by atoms with van der Waals surface area (Å²) in [5, 5.41) is 9.53. The maximum absolute atomic E-state index is 11.8. The van der Waals surface area contributed by atoms with Crippen LogP contribution in [0.1, 0.15) is 27.5 Å². The summed E-state index contributed by atoms with van der Waals surface area (Å²) in [5.74, 6) is 0.590. The predicted octanol–water partition coefficient (Wildman–Crippen LogP) is 1.55. The first-order valence-corrected chi connectivity index (χ1v) is 5.00. The van der Waals surface area contributed by atoms with E-state index in [2.05, 4.69) is 15.5 Å². The molecule has 2 aromatic heterocycles. The Hall–Kier alpha value is -2.04. The summed E-state index contributed by atoms with van der Waals surface area (Å²) in [5.41, 5.74) is 2.08. The van der Waals surface area contributed by atoms with Crippen LogP contribution in [0.5, 0.6) is 0 Å². The van der Waals surface area contributed by atoms with Crippen molar-refractivity contribution in [1.29, 1.82) is 0 Å². The van der Waals surface area contributed by atoms with Crippen LogP contribution in [0.4, 0.5) is 0 Å². The molecule has 0 fully saturated rings. The van der Waals surface area contributed by atoms with Crippen molar-refractivity contribution in [2.75, 3.05) is 0 Å². The number of carbonyl (C=O) groups is 1. The monoisotopic (exact) mass is 219 g/mol. The molecule has 0 atom stereocenters. The van der Waals surface area contributed by atoms with Crippen LogP contribution in [0.25, 0.3) is 0 Å². The first kappa shape index (κ1) is 10.5. The first-order valence-electron chi connectivity index (χ1n) is 5.00. The second-order valence-corrected chi connectivity index (χ2v) is 3.57. The highest BCUT2D eigenvalue weighted by Crippen LogP contribution is 2.09. The first-order chi connectivity index (χ1) is 7.68. The van der Waals surface area contributed by atoms with Gasteiger partial charge < -0.3 is 9.73 Å². The third-order valence-electron chi connectivity index (χ3n) is 2.36. The van der Waals surface area contributed by atoms with Gasteiger partial charge in [0.1, 0.15) is 5.76 Å². The van der Waals surface area contributed by atoms with Crippen molar-refractivity contribution in [3.05, 3.63) is 41.1 Å². The molecule has 0 aliphatic rings. The number of H-pyrrole nitrogens is 1. The van der Waals surface area contributed by atoms with Gasteiger partial charge in [-0.25, -0.2) is 0 Å². The van der Waals surface area contributed by atoms with Gasteiger partial charge in [-0.05, 0) is 26.0 Å². The van der Waals surface area contributed by atoms with Crippen LogP contribution in [0.2, 0.25) is 0 Å². The minimum absolute atomic E-state index is 0.139. The molecule has 0 bridgehead atoms. The molecule has 0 radical (unpaired) electrons. The molecule has 0 saturated heterocycles. The summed E-state index contributed by atoms with van der Waals surface area (Å²) in [6.07, 6.45) is 1.58. The summed E-state index contributed by atoms with van der Waals surface area (Å²) < 4.78 is 5.12. The summed E-state index contributed by atoms with van der Waals surface area (Å²) >= 11 is 0. The number of aryl methyl sites for hydroxylation is 2. The van der Waals surface area contributed by atoms with Crippen LogP contribution in [0.15, 0.2) is 22.8 Å². The van der Waals surface area contributed by atoms with Crippen LogP contribution in [0, 0.1) is 13.8 Å². The van der Waals surface area contributed by atoms with Crippen LogP contribution < -0.4 is 5.32 Å². The van der Waals surface area contributed by atoms with Crippen molar-refractivity contribution in [3.63, 3.8) is 0 Å². The predicted molar refractivity (Wildman–Crippen MR) is 57.9 cm³/mol. The zero-order valence-electron chi connectivity index (χ0n) is 9.20. The van der Waals surface area contributed by atoms with Gasteiger partial charge in [0.05, 0.1) is 24.1 Å². The molecule has 2 aromatic rings. The van der Waals surface area contributed by atoms with Crippen molar-refractivity contribution in [1.82, 2.24) is 15.5 Å². The smallest absolute Gasteiger partial charge is 0.255 e. The molecule has 5 heteroatoms. The summed E-state index contributed by atoms with van der Waals surface area (Å²) in [6, 6.07) is 3.60. The van der Waals surface area contributed by atoms with E-state index in [-0.39, 0.29) is 5.91 Å². The number of aromatic amines is 1. The van der Waals surface area contributed by atoms with Crippen molar-refractivity contribution in [2.45, 2.75) is 20.4 Å². The van der Waals surface area contributed by atoms with Crippen molar-refractivity contribution < 1.29 is 9.21 Å². The molecule has 84 valence electrons. The lowest BCUT2D eigenvalue weighted by Gasteiger charge is -2.02. The second-order valence-electron chi connectivity index (χ2n) is 3.57. The quantitative estimate of drug-likeness (QED) is 0.822. The van der Waals surface area contributed by atoms with E-state index in [0.717, 1.165) is 11.5 Å². The Balaban J connectivity index is 2.04. The van der Waals surface area contributed by atoms with Crippen LogP contribution >= 0.6 is 0 Å². The summed E-state index contributed by atoms with van der Waals surface area (Å²) in [7, 11) is 0. The van der Waals surface area contributed by atoms with Gasteiger partial charge in [-0.3, -0.25) is 9.89 Å². The van der Waals surface area contributed by atoms with E-state index in [0.29, 0.717) is 17.8 Å². The van der Waals surface area contributed by atoms with E-state index >= 15 is 0 Å². The van der Waals surface area contributed by atoms with E-state index in [1.165, 1.54) is 0 Å².